The molecule has 122 valence electrons. The van der Waals surface area contributed by atoms with Crippen LogP contribution in [0, 0.1) is 0 Å². The first-order valence-corrected chi connectivity index (χ1v) is 8.18. The third kappa shape index (κ3) is 2.88. The predicted molar refractivity (Wildman–Crippen MR) is 82.9 cm³/mol. The Balaban J connectivity index is 1.50. The van der Waals surface area contributed by atoms with Crippen LogP contribution in [0.5, 0.6) is 0 Å². The minimum atomic E-state index is -0.947. The molecule has 1 atom stereocenters. The monoisotopic (exact) mass is 315 g/mol. The van der Waals surface area contributed by atoms with Gasteiger partial charge in [-0.2, -0.15) is 0 Å². The van der Waals surface area contributed by atoms with Gasteiger partial charge in [0.2, 0.25) is 0 Å². The molecule has 1 amide bonds. The molecule has 2 aromatic heterocycles. The molecule has 2 aliphatic rings. The Morgan fingerprint density at radius 2 is 2.35 bits per heavy atom. The van der Waals surface area contributed by atoms with Gasteiger partial charge in [0.05, 0.1) is 24.8 Å². The summed E-state index contributed by atoms with van der Waals surface area (Å²) in [5.74, 6) is 0.521. The largest absolute Gasteiger partial charge is 0.386 e. The van der Waals surface area contributed by atoms with Crippen LogP contribution in [0.25, 0.3) is 0 Å². The Morgan fingerprint density at radius 1 is 1.48 bits per heavy atom. The molecule has 1 aliphatic carbocycles. The fraction of sp³-hybridized carbons (Fsp3) is 0.562. The lowest BCUT2D eigenvalue weighted by atomic mass is 9.92. The van der Waals surface area contributed by atoms with Gasteiger partial charge >= 0.3 is 0 Å². The van der Waals surface area contributed by atoms with Gasteiger partial charge < -0.3 is 15.0 Å². The smallest absolute Gasteiger partial charge is 0.255 e. The Bertz CT molecular complexity index is 691. The molecular weight excluding hydrogens is 294 g/mol. The number of amides is 1. The van der Waals surface area contributed by atoms with E-state index < -0.39 is 5.60 Å². The molecule has 2 N–H and O–H groups in total. The number of aliphatic hydroxyl groups is 1. The molecule has 4 rings (SSSR count). The summed E-state index contributed by atoms with van der Waals surface area (Å²) in [4.78, 5) is 17.8. The SMILES string of the molecule is O=C(c1cc[nH]c1C1CC1)N1CCCC(O)(Cn2ccnn2)C1. The number of aromatic nitrogens is 4. The van der Waals surface area contributed by atoms with Crippen molar-refractivity contribution in [1.82, 2.24) is 24.9 Å². The zero-order valence-electron chi connectivity index (χ0n) is 13.0. The summed E-state index contributed by atoms with van der Waals surface area (Å²) in [7, 11) is 0. The number of likely N-dealkylation sites (tertiary alicyclic amines) is 1. The normalized spacial score (nSPS) is 24.8. The third-order valence-corrected chi connectivity index (χ3v) is 4.77. The lowest BCUT2D eigenvalue weighted by Crippen LogP contribution is -2.52. The van der Waals surface area contributed by atoms with Crippen molar-refractivity contribution in [2.75, 3.05) is 13.1 Å². The molecule has 1 saturated carbocycles. The third-order valence-electron chi connectivity index (χ3n) is 4.77. The lowest BCUT2D eigenvalue weighted by molar-refractivity contribution is -0.0387. The first-order chi connectivity index (χ1) is 11.1. The summed E-state index contributed by atoms with van der Waals surface area (Å²) >= 11 is 0. The Hall–Kier alpha value is -2.15. The van der Waals surface area contributed by atoms with E-state index in [9.17, 15) is 9.90 Å². The summed E-state index contributed by atoms with van der Waals surface area (Å²) in [6.45, 7) is 1.38. The van der Waals surface area contributed by atoms with Crippen molar-refractivity contribution in [3.63, 3.8) is 0 Å². The van der Waals surface area contributed by atoms with Gasteiger partial charge in [0.25, 0.3) is 5.91 Å². The van der Waals surface area contributed by atoms with Gasteiger partial charge in [-0.1, -0.05) is 5.21 Å². The van der Waals surface area contributed by atoms with E-state index >= 15 is 0 Å². The Morgan fingerprint density at radius 3 is 3.09 bits per heavy atom. The van der Waals surface area contributed by atoms with Crippen LogP contribution in [0.4, 0.5) is 0 Å². The number of aromatic amines is 1. The first-order valence-electron chi connectivity index (χ1n) is 8.18. The van der Waals surface area contributed by atoms with Crippen LogP contribution in [0.1, 0.15) is 47.7 Å². The van der Waals surface area contributed by atoms with E-state index in [1.165, 1.54) is 0 Å². The van der Waals surface area contributed by atoms with Crippen LogP contribution in [0.3, 0.4) is 0 Å². The number of hydrogen-bond acceptors (Lipinski definition) is 4. The lowest BCUT2D eigenvalue weighted by Gasteiger charge is -2.39. The van der Waals surface area contributed by atoms with Gasteiger partial charge in [-0.25, -0.2) is 4.68 Å². The predicted octanol–water partition coefficient (Wildman–Crippen LogP) is 1.15. The molecule has 7 nitrogen and oxygen atoms in total. The average Bonchev–Trinajstić information content (AvgIpc) is 3.05. The van der Waals surface area contributed by atoms with Crippen LogP contribution in [0.15, 0.2) is 24.7 Å². The zero-order chi connectivity index (χ0) is 15.9. The first kappa shape index (κ1) is 14.4. The highest BCUT2D eigenvalue weighted by molar-refractivity contribution is 5.95. The molecule has 2 fully saturated rings. The Kier molecular flexibility index (Phi) is 3.45. The minimum absolute atomic E-state index is 0.0184. The standard InChI is InChI=1S/C16H21N5O2/c22-15(13-4-6-17-14(13)12-2-3-12)20-8-1-5-16(23,10-20)11-21-9-7-18-19-21/h4,6-7,9,12,17,23H,1-3,5,8,10-11H2. The molecule has 0 radical (unpaired) electrons. The number of carbonyl (C=O) groups excluding carboxylic acids is 1. The van der Waals surface area contributed by atoms with E-state index in [1.807, 2.05) is 12.3 Å². The van der Waals surface area contributed by atoms with Crippen molar-refractivity contribution in [2.24, 2.45) is 0 Å². The number of rotatable bonds is 4. The van der Waals surface area contributed by atoms with Crippen LogP contribution in [0.2, 0.25) is 0 Å². The molecule has 0 aromatic carbocycles. The van der Waals surface area contributed by atoms with Crippen molar-refractivity contribution in [3.05, 3.63) is 35.9 Å². The van der Waals surface area contributed by atoms with Crippen LogP contribution < -0.4 is 0 Å². The van der Waals surface area contributed by atoms with Gasteiger partial charge in [-0.05, 0) is 37.7 Å². The topological polar surface area (TPSA) is 87.0 Å². The van der Waals surface area contributed by atoms with Gasteiger partial charge in [0.15, 0.2) is 0 Å². The molecule has 3 heterocycles. The number of piperidine rings is 1. The maximum Gasteiger partial charge on any atom is 0.255 e. The highest BCUT2D eigenvalue weighted by Gasteiger charge is 2.38. The minimum Gasteiger partial charge on any atom is -0.386 e. The van der Waals surface area contributed by atoms with Crippen molar-refractivity contribution < 1.29 is 9.90 Å². The molecule has 0 spiro atoms. The molecule has 1 saturated heterocycles. The summed E-state index contributed by atoms with van der Waals surface area (Å²) in [6, 6.07) is 1.86. The number of hydrogen-bond donors (Lipinski definition) is 2. The van der Waals surface area contributed by atoms with Crippen LogP contribution in [-0.4, -0.2) is 54.6 Å². The molecule has 0 bridgehead atoms. The molecule has 1 aliphatic heterocycles. The number of β-amino-alcohol motifs (C(OH)–C–C–N with tert-alkyl or cyclic N) is 1. The van der Waals surface area contributed by atoms with Crippen molar-refractivity contribution in [3.8, 4) is 0 Å². The van der Waals surface area contributed by atoms with Crippen LogP contribution in [-0.2, 0) is 6.54 Å². The Labute approximate surface area is 134 Å². The van der Waals surface area contributed by atoms with Gasteiger partial charge in [0.1, 0.15) is 5.60 Å². The molecular formula is C16H21N5O2. The fourth-order valence-corrected chi connectivity index (χ4v) is 3.48. The maximum atomic E-state index is 12.9. The second-order valence-electron chi connectivity index (χ2n) is 6.73. The molecule has 23 heavy (non-hydrogen) atoms. The van der Waals surface area contributed by atoms with E-state index in [-0.39, 0.29) is 5.91 Å². The van der Waals surface area contributed by atoms with Crippen molar-refractivity contribution >= 4 is 5.91 Å². The van der Waals surface area contributed by atoms with Gasteiger partial charge in [0, 0.05) is 24.6 Å². The summed E-state index contributed by atoms with van der Waals surface area (Å²) in [5.41, 5.74) is 0.871. The van der Waals surface area contributed by atoms with Crippen molar-refractivity contribution in [1.29, 1.82) is 0 Å². The van der Waals surface area contributed by atoms with Gasteiger partial charge in [-0.15, -0.1) is 5.10 Å². The van der Waals surface area contributed by atoms with E-state index in [2.05, 4.69) is 15.3 Å². The van der Waals surface area contributed by atoms with E-state index in [0.29, 0.717) is 32.0 Å². The highest BCUT2D eigenvalue weighted by Crippen LogP contribution is 2.41. The number of nitrogens with zero attached hydrogens (tertiary/aromatic N) is 4. The fourth-order valence-electron chi connectivity index (χ4n) is 3.48. The zero-order valence-corrected chi connectivity index (χ0v) is 13.0. The van der Waals surface area contributed by atoms with Crippen molar-refractivity contribution in [2.45, 2.75) is 43.7 Å². The number of nitrogens with one attached hydrogen (secondary N) is 1. The quantitative estimate of drug-likeness (QED) is 0.886. The van der Waals surface area contributed by atoms with Crippen LogP contribution >= 0.6 is 0 Å². The van der Waals surface area contributed by atoms with E-state index in [1.54, 1.807) is 22.0 Å². The van der Waals surface area contributed by atoms with Gasteiger partial charge in [-0.3, -0.25) is 4.79 Å². The average molecular weight is 315 g/mol. The maximum absolute atomic E-state index is 12.9. The van der Waals surface area contributed by atoms with E-state index in [4.69, 9.17) is 0 Å². The van der Waals surface area contributed by atoms with E-state index in [0.717, 1.165) is 30.5 Å². The summed E-state index contributed by atoms with van der Waals surface area (Å²) in [6.07, 6.45) is 8.92. The number of H-pyrrole nitrogens is 1. The highest BCUT2D eigenvalue weighted by atomic mass is 16.3. The second kappa shape index (κ2) is 5.49. The molecule has 2 aromatic rings. The molecule has 1 unspecified atom stereocenters. The summed E-state index contributed by atoms with van der Waals surface area (Å²) < 4.78 is 1.62. The molecule has 7 heteroatoms. The summed E-state index contributed by atoms with van der Waals surface area (Å²) in [5, 5.41) is 18.5. The second-order valence-corrected chi connectivity index (χ2v) is 6.73. The number of carbonyl (C=O) groups is 1.